The zero-order valence-corrected chi connectivity index (χ0v) is 9.34. The van der Waals surface area contributed by atoms with Crippen molar-refractivity contribution in [3.63, 3.8) is 0 Å². The molecule has 7 nitrogen and oxygen atoms in total. The molecule has 18 heavy (non-hydrogen) atoms. The van der Waals surface area contributed by atoms with E-state index in [1.165, 1.54) is 12.1 Å². The van der Waals surface area contributed by atoms with Crippen LogP contribution in [0.15, 0.2) is 28.9 Å². The molecule has 0 fully saturated rings. The molecule has 0 atom stereocenters. The number of aromatic nitrogens is 2. The topological polar surface area (TPSA) is 108 Å². The summed E-state index contributed by atoms with van der Waals surface area (Å²) in [5, 5.41) is 11.2. The summed E-state index contributed by atoms with van der Waals surface area (Å²) in [7, 11) is 0. The predicted molar refractivity (Wildman–Crippen MR) is 60.3 cm³/mol. The van der Waals surface area contributed by atoms with Gasteiger partial charge in [0.2, 0.25) is 5.76 Å². The van der Waals surface area contributed by atoms with Gasteiger partial charge in [0.25, 0.3) is 5.91 Å². The molecular weight excluding hydrogens is 238 g/mol. The van der Waals surface area contributed by atoms with Gasteiger partial charge in [-0.1, -0.05) is 0 Å². The third-order valence-electron chi connectivity index (χ3n) is 2.24. The standard InChI is InChI=1S/C11H11N3O4/c15-10(7-1-2-8(18-7)11(16)17)14-4-3-9-12-5-6-13-9/h1-2,5-6H,3-4H2,(H,12,13)(H,14,15)(H,16,17). The van der Waals surface area contributed by atoms with Crippen LogP contribution in [-0.4, -0.2) is 33.5 Å². The number of aromatic carboxylic acids is 1. The molecule has 0 spiro atoms. The van der Waals surface area contributed by atoms with E-state index in [9.17, 15) is 9.59 Å². The lowest BCUT2D eigenvalue weighted by atomic mass is 10.3. The summed E-state index contributed by atoms with van der Waals surface area (Å²) in [6, 6.07) is 2.56. The normalized spacial score (nSPS) is 10.2. The van der Waals surface area contributed by atoms with Crippen molar-refractivity contribution in [2.24, 2.45) is 0 Å². The Kier molecular flexibility index (Phi) is 3.42. The number of furan rings is 1. The number of aromatic amines is 1. The average molecular weight is 249 g/mol. The molecule has 0 aliphatic rings. The number of nitrogens with zero attached hydrogens (tertiary/aromatic N) is 1. The van der Waals surface area contributed by atoms with Crippen LogP contribution in [0.25, 0.3) is 0 Å². The van der Waals surface area contributed by atoms with E-state index >= 15 is 0 Å². The molecule has 0 saturated carbocycles. The maximum absolute atomic E-state index is 11.6. The highest BCUT2D eigenvalue weighted by Crippen LogP contribution is 2.07. The van der Waals surface area contributed by atoms with Gasteiger partial charge in [-0.3, -0.25) is 4.79 Å². The highest BCUT2D eigenvalue weighted by Gasteiger charge is 2.14. The van der Waals surface area contributed by atoms with Crippen LogP contribution in [-0.2, 0) is 6.42 Å². The molecule has 0 bridgehead atoms. The molecule has 0 aliphatic carbocycles. The minimum atomic E-state index is -1.20. The largest absolute Gasteiger partial charge is 0.475 e. The van der Waals surface area contributed by atoms with Gasteiger partial charge in [-0.15, -0.1) is 0 Å². The van der Waals surface area contributed by atoms with Gasteiger partial charge in [0, 0.05) is 25.4 Å². The molecule has 3 N–H and O–H groups in total. The second kappa shape index (κ2) is 5.17. The van der Waals surface area contributed by atoms with E-state index in [-0.39, 0.29) is 11.5 Å². The monoisotopic (exact) mass is 249 g/mol. The summed E-state index contributed by atoms with van der Waals surface area (Å²) in [5.74, 6) is -1.17. The lowest BCUT2D eigenvalue weighted by Gasteiger charge is -2.00. The highest BCUT2D eigenvalue weighted by molar-refractivity contribution is 5.93. The first kappa shape index (κ1) is 11.9. The van der Waals surface area contributed by atoms with Crippen LogP contribution >= 0.6 is 0 Å². The van der Waals surface area contributed by atoms with Crippen LogP contribution in [0.2, 0.25) is 0 Å². The molecule has 7 heteroatoms. The molecule has 0 unspecified atom stereocenters. The highest BCUT2D eigenvalue weighted by atomic mass is 16.4. The lowest BCUT2D eigenvalue weighted by molar-refractivity contribution is 0.0659. The number of nitrogens with one attached hydrogen (secondary N) is 2. The van der Waals surface area contributed by atoms with Crippen molar-refractivity contribution < 1.29 is 19.1 Å². The summed E-state index contributed by atoms with van der Waals surface area (Å²) < 4.78 is 4.86. The number of rotatable bonds is 5. The Morgan fingerprint density at radius 2 is 2.17 bits per heavy atom. The first-order valence-electron chi connectivity index (χ1n) is 5.26. The molecule has 0 aromatic carbocycles. The molecule has 2 aromatic rings. The van der Waals surface area contributed by atoms with Crippen molar-refractivity contribution in [2.75, 3.05) is 6.54 Å². The molecule has 0 radical (unpaired) electrons. The third kappa shape index (κ3) is 2.76. The van der Waals surface area contributed by atoms with Crippen molar-refractivity contribution in [1.82, 2.24) is 15.3 Å². The Morgan fingerprint density at radius 1 is 1.39 bits per heavy atom. The number of hydrogen-bond acceptors (Lipinski definition) is 4. The average Bonchev–Trinajstić information content (AvgIpc) is 2.99. The van der Waals surface area contributed by atoms with E-state index in [0.29, 0.717) is 13.0 Å². The molecule has 2 aromatic heterocycles. The number of carboxylic acid groups (broad SMARTS) is 1. The van der Waals surface area contributed by atoms with Gasteiger partial charge in [0.05, 0.1) is 0 Å². The van der Waals surface area contributed by atoms with Crippen LogP contribution in [0, 0.1) is 0 Å². The summed E-state index contributed by atoms with van der Waals surface area (Å²) in [5.41, 5.74) is 0. The van der Waals surface area contributed by atoms with E-state index in [2.05, 4.69) is 15.3 Å². The van der Waals surface area contributed by atoms with Crippen molar-refractivity contribution in [1.29, 1.82) is 0 Å². The number of H-pyrrole nitrogens is 1. The minimum absolute atomic E-state index is 0.0214. The third-order valence-corrected chi connectivity index (χ3v) is 2.24. The Labute approximate surface area is 102 Å². The van der Waals surface area contributed by atoms with E-state index in [1.807, 2.05) is 0 Å². The predicted octanol–water partition coefficient (Wildman–Crippen LogP) is 0.673. The molecule has 0 saturated heterocycles. The second-order valence-electron chi connectivity index (χ2n) is 3.51. The summed E-state index contributed by atoms with van der Waals surface area (Å²) >= 11 is 0. The van der Waals surface area contributed by atoms with Crippen LogP contribution in [0.3, 0.4) is 0 Å². The van der Waals surface area contributed by atoms with Gasteiger partial charge in [0.15, 0.2) is 5.76 Å². The van der Waals surface area contributed by atoms with E-state index < -0.39 is 11.9 Å². The smallest absolute Gasteiger partial charge is 0.371 e. The van der Waals surface area contributed by atoms with E-state index in [0.717, 1.165) is 5.82 Å². The molecule has 2 rings (SSSR count). The lowest BCUT2D eigenvalue weighted by Crippen LogP contribution is -2.25. The zero-order chi connectivity index (χ0) is 13.0. The van der Waals surface area contributed by atoms with Crippen molar-refractivity contribution in [3.8, 4) is 0 Å². The summed E-state index contributed by atoms with van der Waals surface area (Å²) in [4.78, 5) is 29.1. The van der Waals surface area contributed by atoms with Gasteiger partial charge in [-0.2, -0.15) is 0 Å². The van der Waals surface area contributed by atoms with Crippen LogP contribution < -0.4 is 5.32 Å². The van der Waals surface area contributed by atoms with Crippen molar-refractivity contribution in [3.05, 3.63) is 41.9 Å². The number of amides is 1. The summed E-state index contributed by atoms with van der Waals surface area (Å²) in [6.07, 6.45) is 3.89. The van der Waals surface area contributed by atoms with Gasteiger partial charge < -0.3 is 19.8 Å². The minimum Gasteiger partial charge on any atom is -0.475 e. The summed E-state index contributed by atoms with van der Waals surface area (Å²) in [6.45, 7) is 0.384. The fraction of sp³-hybridized carbons (Fsp3) is 0.182. The fourth-order valence-corrected chi connectivity index (χ4v) is 1.39. The van der Waals surface area contributed by atoms with E-state index in [4.69, 9.17) is 9.52 Å². The number of carbonyl (C=O) groups excluding carboxylic acids is 1. The Hall–Kier alpha value is -2.57. The molecular formula is C11H11N3O4. The van der Waals surface area contributed by atoms with E-state index in [1.54, 1.807) is 12.4 Å². The first-order chi connectivity index (χ1) is 8.66. The van der Waals surface area contributed by atoms with Gasteiger partial charge in [-0.25, -0.2) is 9.78 Å². The number of hydrogen-bond donors (Lipinski definition) is 3. The Morgan fingerprint density at radius 3 is 2.78 bits per heavy atom. The first-order valence-corrected chi connectivity index (χ1v) is 5.26. The van der Waals surface area contributed by atoms with Gasteiger partial charge in [-0.05, 0) is 12.1 Å². The SMILES string of the molecule is O=C(O)c1ccc(C(=O)NCCc2ncc[nH]2)o1. The second-order valence-corrected chi connectivity index (χ2v) is 3.51. The van der Waals surface area contributed by atoms with Crippen LogP contribution in [0.1, 0.15) is 26.9 Å². The number of carboxylic acids is 1. The van der Waals surface area contributed by atoms with Gasteiger partial charge in [0.1, 0.15) is 5.82 Å². The number of carbonyl (C=O) groups is 2. The Balaban J connectivity index is 1.85. The van der Waals surface area contributed by atoms with Crippen molar-refractivity contribution in [2.45, 2.75) is 6.42 Å². The number of imidazole rings is 1. The Bertz CT molecular complexity index is 544. The van der Waals surface area contributed by atoms with Crippen molar-refractivity contribution >= 4 is 11.9 Å². The maximum atomic E-state index is 11.6. The molecule has 0 aliphatic heterocycles. The van der Waals surface area contributed by atoms with Crippen LogP contribution in [0.4, 0.5) is 0 Å². The fourth-order valence-electron chi connectivity index (χ4n) is 1.39. The van der Waals surface area contributed by atoms with Gasteiger partial charge >= 0.3 is 5.97 Å². The quantitative estimate of drug-likeness (QED) is 0.721. The molecule has 94 valence electrons. The molecule has 1 amide bonds. The molecule has 2 heterocycles. The maximum Gasteiger partial charge on any atom is 0.371 e. The van der Waals surface area contributed by atoms with Crippen LogP contribution in [0.5, 0.6) is 0 Å². The zero-order valence-electron chi connectivity index (χ0n) is 9.34.